The molecule has 0 radical (unpaired) electrons. The molecule has 6 heteroatoms. The summed E-state index contributed by atoms with van der Waals surface area (Å²) in [7, 11) is -3.93. The van der Waals surface area contributed by atoms with E-state index in [9.17, 15) is 8.42 Å². The molecule has 0 bridgehead atoms. The van der Waals surface area contributed by atoms with Crippen molar-refractivity contribution in [2.45, 2.75) is 206 Å². The monoisotopic (exact) mass is 728 g/mol. The topological polar surface area (TPSA) is 64.6 Å². The smallest absolute Gasteiger partial charge is 0.262 e. The molecule has 0 aliphatic heterocycles. The molecule has 0 aliphatic carbocycles. The van der Waals surface area contributed by atoms with Crippen LogP contribution in [0.3, 0.4) is 0 Å². The van der Waals surface area contributed by atoms with E-state index >= 15 is 0 Å². The number of nitrogens with one attached hydrogen (secondary N) is 1. The van der Waals surface area contributed by atoms with Crippen LogP contribution < -0.4 is 14.2 Å². The lowest BCUT2D eigenvalue weighted by atomic mass is 9.89. The first-order chi connectivity index (χ1) is 24.5. The third kappa shape index (κ3) is 17.4. The van der Waals surface area contributed by atoms with Crippen LogP contribution in [0.4, 0.5) is 5.69 Å². The van der Waals surface area contributed by atoms with Gasteiger partial charge in [0.25, 0.3) is 10.0 Å². The molecule has 0 heterocycles. The number of rotatable bonds is 30. The molecule has 1 N–H and O–H groups in total. The van der Waals surface area contributed by atoms with Crippen molar-refractivity contribution < 1.29 is 17.9 Å². The van der Waals surface area contributed by atoms with Gasteiger partial charge in [-0.25, -0.2) is 8.42 Å². The number of anilines is 1. The highest BCUT2D eigenvalue weighted by atomic mass is 32.2. The molecule has 51 heavy (non-hydrogen) atoms. The molecule has 0 saturated carbocycles. The van der Waals surface area contributed by atoms with Crippen molar-refractivity contribution in [2.75, 3.05) is 17.9 Å². The van der Waals surface area contributed by atoms with E-state index < -0.39 is 10.0 Å². The Bertz CT molecular complexity index is 1290. The van der Waals surface area contributed by atoms with Crippen molar-refractivity contribution in [3.05, 3.63) is 47.0 Å². The zero-order chi connectivity index (χ0) is 37.5. The summed E-state index contributed by atoms with van der Waals surface area (Å²) in [6.45, 7) is 18.3. The standard InChI is InChI=1S/C45H77NO4S/c1-9-11-13-15-17-19-21-23-25-27-31-49-40-29-30-44(50-32-28-26-24-22-20-18-16-14-12-10-2)43(35-40)46-51(47,48)45-41(37(5)6)33-39(36(3)4)34-42(45)38(7)8/h29-30,33-38,46H,9-28,31-32H2,1-8H3. The van der Waals surface area contributed by atoms with E-state index in [0.29, 0.717) is 41.2 Å². The average molecular weight is 728 g/mol. The van der Waals surface area contributed by atoms with Gasteiger partial charge in [-0.15, -0.1) is 0 Å². The highest BCUT2D eigenvalue weighted by Gasteiger charge is 2.28. The lowest BCUT2D eigenvalue weighted by Gasteiger charge is -2.24. The summed E-state index contributed by atoms with van der Waals surface area (Å²) >= 11 is 0. The fourth-order valence-electron chi connectivity index (χ4n) is 6.75. The maximum absolute atomic E-state index is 14.4. The summed E-state index contributed by atoms with van der Waals surface area (Å²) in [5, 5.41) is 0. The molecule has 2 rings (SSSR count). The molecule has 0 aromatic heterocycles. The molecule has 0 spiro atoms. The first-order valence-corrected chi connectivity index (χ1v) is 22.6. The first kappa shape index (κ1) is 44.9. The van der Waals surface area contributed by atoms with Gasteiger partial charge in [-0.2, -0.15) is 0 Å². The summed E-state index contributed by atoms with van der Waals surface area (Å²) in [5.41, 5.74) is 3.33. The van der Waals surface area contributed by atoms with Gasteiger partial charge < -0.3 is 9.47 Å². The third-order valence-electron chi connectivity index (χ3n) is 10.1. The molecular weight excluding hydrogens is 651 g/mol. The quantitative estimate of drug-likeness (QED) is 0.0814. The molecule has 5 nitrogen and oxygen atoms in total. The van der Waals surface area contributed by atoms with E-state index in [0.717, 1.165) is 36.8 Å². The normalized spacial score (nSPS) is 12.0. The minimum absolute atomic E-state index is 0.0514. The van der Waals surface area contributed by atoms with Crippen molar-refractivity contribution in [1.82, 2.24) is 0 Å². The highest BCUT2D eigenvalue weighted by Crippen LogP contribution is 2.38. The van der Waals surface area contributed by atoms with Crippen LogP contribution in [-0.4, -0.2) is 21.6 Å². The molecule has 0 atom stereocenters. The molecule has 0 amide bonds. The molecule has 0 unspecified atom stereocenters. The number of unbranched alkanes of at least 4 members (excludes halogenated alkanes) is 18. The van der Waals surface area contributed by atoms with E-state index in [1.54, 1.807) is 0 Å². The summed E-state index contributed by atoms with van der Waals surface area (Å²) in [6.07, 6.45) is 25.3. The molecule has 292 valence electrons. The van der Waals surface area contributed by atoms with Crippen LogP contribution in [-0.2, 0) is 10.0 Å². The lowest BCUT2D eigenvalue weighted by molar-refractivity contribution is 0.297. The van der Waals surface area contributed by atoms with E-state index in [-0.39, 0.29) is 11.8 Å². The average Bonchev–Trinajstić information content (AvgIpc) is 3.09. The van der Waals surface area contributed by atoms with Gasteiger partial charge in [-0.05, 0) is 59.4 Å². The van der Waals surface area contributed by atoms with Crippen molar-refractivity contribution in [1.29, 1.82) is 0 Å². The van der Waals surface area contributed by atoms with Crippen LogP contribution in [0.15, 0.2) is 35.2 Å². The number of hydrogen-bond donors (Lipinski definition) is 1. The van der Waals surface area contributed by atoms with Crippen LogP contribution >= 0.6 is 0 Å². The summed E-state index contributed by atoms with van der Waals surface area (Å²) in [6, 6.07) is 9.78. The first-order valence-electron chi connectivity index (χ1n) is 21.1. The highest BCUT2D eigenvalue weighted by molar-refractivity contribution is 7.92. The third-order valence-corrected chi connectivity index (χ3v) is 11.6. The van der Waals surface area contributed by atoms with Gasteiger partial charge in [-0.3, -0.25) is 4.72 Å². The minimum Gasteiger partial charge on any atom is -0.494 e. The maximum Gasteiger partial charge on any atom is 0.262 e. The van der Waals surface area contributed by atoms with Gasteiger partial charge >= 0.3 is 0 Å². The number of sulfonamides is 1. The molecule has 2 aromatic rings. The minimum atomic E-state index is -3.93. The Kier molecular flexibility index (Phi) is 22.7. The Labute approximate surface area is 315 Å². The molecule has 0 fully saturated rings. The van der Waals surface area contributed by atoms with Crippen molar-refractivity contribution in [2.24, 2.45) is 0 Å². The van der Waals surface area contributed by atoms with E-state index in [1.165, 1.54) is 108 Å². The van der Waals surface area contributed by atoms with Gasteiger partial charge in [-0.1, -0.05) is 183 Å². The lowest BCUT2D eigenvalue weighted by Crippen LogP contribution is -2.20. The second-order valence-electron chi connectivity index (χ2n) is 15.8. The molecule has 2 aromatic carbocycles. The fourth-order valence-corrected chi connectivity index (χ4v) is 8.51. The zero-order valence-electron chi connectivity index (χ0n) is 34.2. The van der Waals surface area contributed by atoms with Crippen molar-refractivity contribution in [3.63, 3.8) is 0 Å². The van der Waals surface area contributed by atoms with E-state index in [2.05, 4.69) is 72.2 Å². The number of ether oxygens (including phenoxy) is 2. The zero-order valence-corrected chi connectivity index (χ0v) is 35.0. The molecular formula is C45H77NO4S. The second-order valence-corrected chi connectivity index (χ2v) is 17.4. The molecule has 0 aliphatic rings. The van der Waals surface area contributed by atoms with Crippen LogP contribution in [0.5, 0.6) is 11.5 Å². The van der Waals surface area contributed by atoms with Crippen molar-refractivity contribution >= 4 is 15.7 Å². The number of benzene rings is 2. The van der Waals surface area contributed by atoms with Crippen molar-refractivity contribution in [3.8, 4) is 11.5 Å². The van der Waals surface area contributed by atoms with Gasteiger partial charge in [0.2, 0.25) is 0 Å². The fraction of sp³-hybridized carbons (Fsp3) is 0.733. The van der Waals surface area contributed by atoms with Crippen LogP contribution in [0.2, 0.25) is 0 Å². The maximum atomic E-state index is 14.4. The Morgan fingerprint density at radius 2 is 0.941 bits per heavy atom. The van der Waals surface area contributed by atoms with E-state index in [1.807, 2.05) is 18.2 Å². The van der Waals surface area contributed by atoms with Crippen LogP contribution in [0, 0.1) is 0 Å². The van der Waals surface area contributed by atoms with Gasteiger partial charge in [0.1, 0.15) is 11.5 Å². The predicted octanol–water partition coefficient (Wildman–Crippen LogP) is 14.5. The van der Waals surface area contributed by atoms with Crippen LogP contribution in [0.25, 0.3) is 0 Å². The second kappa shape index (κ2) is 25.7. The Morgan fingerprint density at radius 3 is 1.35 bits per heavy atom. The van der Waals surface area contributed by atoms with E-state index in [4.69, 9.17) is 9.47 Å². The Hall–Kier alpha value is -2.21. The summed E-state index contributed by atoms with van der Waals surface area (Å²) in [4.78, 5) is 0.397. The SMILES string of the molecule is CCCCCCCCCCCCOc1ccc(OCCCCCCCCCCCC)c(NS(=O)(=O)c2c(C(C)C)cc(C(C)C)cc2C(C)C)c1. The summed E-state index contributed by atoms with van der Waals surface area (Å²) < 4.78 is 44.3. The van der Waals surface area contributed by atoms with Gasteiger partial charge in [0.15, 0.2) is 0 Å². The van der Waals surface area contributed by atoms with Gasteiger partial charge in [0, 0.05) is 6.07 Å². The Morgan fingerprint density at radius 1 is 0.529 bits per heavy atom. The molecule has 0 saturated heterocycles. The summed E-state index contributed by atoms with van der Waals surface area (Å²) in [5.74, 6) is 1.63. The largest absolute Gasteiger partial charge is 0.494 e. The Balaban J connectivity index is 2.14. The predicted molar refractivity (Wildman–Crippen MR) is 221 cm³/mol. The van der Waals surface area contributed by atoms with Crippen LogP contribution in [0.1, 0.15) is 218 Å². The number of hydrogen-bond acceptors (Lipinski definition) is 4. The van der Waals surface area contributed by atoms with Gasteiger partial charge in [0.05, 0.1) is 23.8 Å².